The highest BCUT2D eigenvalue weighted by Gasteiger charge is 2.74. The van der Waals surface area contributed by atoms with E-state index in [9.17, 15) is 43.9 Å². The number of rotatable bonds is 4. The van der Waals surface area contributed by atoms with Crippen LogP contribution in [-0.4, -0.2) is 30.4 Å². The first-order valence-electron chi connectivity index (χ1n) is 5.51. The molecule has 1 aliphatic rings. The molecule has 3 atom stereocenters. The van der Waals surface area contributed by atoms with Gasteiger partial charge in [-0.3, -0.25) is 4.74 Å². The molecule has 2 radical (unpaired) electrons. The Balaban J connectivity index is 3.21. The summed E-state index contributed by atoms with van der Waals surface area (Å²) in [6, 6.07) is 0. The fourth-order valence-electron chi connectivity index (χ4n) is 1.84. The van der Waals surface area contributed by atoms with Gasteiger partial charge in [-0.1, -0.05) is 6.92 Å². The summed E-state index contributed by atoms with van der Waals surface area (Å²) in [5, 5.41) is 0. The zero-order valence-electron chi connectivity index (χ0n) is 10.4. The van der Waals surface area contributed by atoms with Crippen LogP contribution in [0, 0.1) is 19.3 Å². The molecule has 22 heavy (non-hydrogen) atoms. The molecule has 0 aromatic rings. The minimum Gasteiger partial charge on any atom is -0.269 e. The van der Waals surface area contributed by atoms with Crippen LogP contribution in [0.3, 0.4) is 0 Å². The van der Waals surface area contributed by atoms with Gasteiger partial charge in [0, 0.05) is 12.3 Å². The summed E-state index contributed by atoms with van der Waals surface area (Å²) in [6.45, 7) is 2.95. The van der Waals surface area contributed by atoms with E-state index in [2.05, 4.69) is 16.4 Å². The standard InChI is InChI=1S/C10H8F10O2/c1-2-5-3-4-6(11,21-10(18,19)20)7(5,12)22-9(16,17)8(13,14)15/h4-5H,1-3H2. The first-order chi connectivity index (χ1) is 9.58. The Morgan fingerprint density at radius 3 is 1.86 bits per heavy atom. The fourth-order valence-corrected chi connectivity index (χ4v) is 1.84. The van der Waals surface area contributed by atoms with Gasteiger partial charge in [0.05, 0.1) is 0 Å². The summed E-state index contributed by atoms with van der Waals surface area (Å²) < 4.78 is 132. The molecular weight excluding hydrogens is 342 g/mol. The van der Waals surface area contributed by atoms with Gasteiger partial charge in [0.15, 0.2) is 0 Å². The fraction of sp³-hybridized carbons (Fsp3) is 0.800. The van der Waals surface area contributed by atoms with Crippen LogP contribution in [0.4, 0.5) is 43.9 Å². The maximum absolute atomic E-state index is 14.3. The molecule has 2 nitrogen and oxygen atoms in total. The van der Waals surface area contributed by atoms with E-state index in [-0.39, 0.29) is 6.42 Å². The molecule has 0 aromatic heterocycles. The molecule has 0 N–H and O–H groups in total. The minimum atomic E-state index is -6.47. The molecule has 0 heterocycles. The highest BCUT2D eigenvalue weighted by Crippen LogP contribution is 2.56. The molecule has 0 aromatic carbocycles. The average molecular weight is 350 g/mol. The van der Waals surface area contributed by atoms with Crippen molar-refractivity contribution in [1.82, 2.24) is 0 Å². The molecule has 0 aliphatic heterocycles. The third-order valence-electron chi connectivity index (χ3n) is 2.87. The van der Waals surface area contributed by atoms with Crippen LogP contribution in [0.1, 0.15) is 12.8 Å². The topological polar surface area (TPSA) is 18.5 Å². The molecule has 3 unspecified atom stereocenters. The van der Waals surface area contributed by atoms with E-state index >= 15 is 0 Å². The quantitative estimate of drug-likeness (QED) is 0.697. The van der Waals surface area contributed by atoms with E-state index in [0.717, 1.165) is 0 Å². The van der Waals surface area contributed by atoms with Gasteiger partial charge in [0.1, 0.15) is 0 Å². The van der Waals surface area contributed by atoms with Crippen molar-refractivity contribution in [2.45, 2.75) is 43.2 Å². The van der Waals surface area contributed by atoms with Crippen LogP contribution in [-0.2, 0) is 9.47 Å². The predicted octanol–water partition coefficient (Wildman–Crippen LogP) is 4.47. The Hall–Kier alpha value is -0.780. The van der Waals surface area contributed by atoms with E-state index in [0.29, 0.717) is 0 Å². The van der Waals surface area contributed by atoms with Gasteiger partial charge in [0.2, 0.25) is 0 Å². The summed E-state index contributed by atoms with van der Waals surface area (Å²) in [6.07, 6.45) is -20.5. The van der Waals surface area contributed by atoms with Crippen LogP contribution < -0.4 is 0 Å². The largest absolute Gasteiger partial charge is 0.525 e. The van der Waals surface area contributed by atoms with Crippen LogP contribution in [0.15, 0.2) is 0 Å². The first-order valence-corrected chi connectivity index (χ1v) is 5.51. The van der Waals surface area contributed by atoms with E-state index < -0.39 is 49.1 Å². The zero-order chi connectivity index (χ0) is 17.6. The second kappa shape index (κ2) is 5.39. The number of alkyl halides is 10. The Kier molecular flexibility index (Phi) is 4.72. The van der Waals surface area contributed by atoms with Gasteiger partial charge in [-0.25, -0.2) is 13.5 Å². The normalized spacial score (nSPS) is 34.2. The summed E-state index contributed by atoms with van der Waals surface area (Å²) >= 11 is 0. The summed E-state index contributed by atoms with van der Waals surface area (Å²) in [4.78, 5) is 0. The lowest BCUT2D eigenvalue weighted by Crippen LogP contribution is -2.58. The zero-order valence-corrected chi connectivity index (χ0v) is 10.4. The first kappa shape index (κ1) is 19.3. The predicted molar refractivity (Wildman–Crippen MR) is 49.3 cm³/mol. The molecule has 0 bridgehead atoms. The Bertz CT molecular complexity index is 405. The Labute approximate surface area is 117 Å². The summed E-state index contributed by atoms with van der Waals surface area (Å²) in [5.74, 6) is -11.6. The van der Waals surface area contributed by atoms with Crippen molar-refractivity contribution < 1.29 is 53.4 Å². The molecule has 0 saturated heterocycles. The van der Waals surface area contributed by atoms with Gasteiger partial charge in [-0.2, -0.15) is 22.0 Å². The third-order valence-corrected chi connectivity index (χ3v) is 2.87. The van der Waals surface area contributed by atoms with Crippen molar-refractivity contribution in [3.8, 4) is 0 Å². The van der Waals surface area contributed by atoms with Crippen molar-refractivity contribution >= 4 is 0 Å². The van der Waals surface area contributed by atoms with E-state index in [1.165, 1.54) is 0 Å². The molecule has 0 spiro atoms. The lowest BCUT2D eigenvalue weighted by atomic mass is 9.99. The molecular formula is C10H8F10O2. The van der Waals surface area contributed by atoms with E-state index in [1.54, 1.807) is 0 Å². The Morgan fingerprint density at radius 1 is 1.00 bits per heavy atom. The number of hydrogen-bond acceptors (Lipinski definition) is 2. The number of hydrogen-bond donors (Lipinski definition) is 0. The monoisotopic (exact) mass is 350 g/mol. The lowest BCUT2D eigenvalue weighted by Gasteiger charge is -2.38. The maximum Gasteiger partial charge on any atom is 0.525 e. The lowest BCUT2D eigenvalue weighted by molar-refractivity contribution is -0.490. The van der Waals surface area contributed by atoms with Crippen molar-refractivity contribution in [1.29, 1.82) is 0 Å². The number of ether oxygens (including phenoxy) is 2. The average Bonchev–Trinajstić information content (AvgIpc) is 2.46. The minimum absolute atomic E-state index is 0.164. The van der Waals surface area contributed by atoms with Crippen molar-refractivity contribution in [2.75, 3.05) is 0 Å². The van der Waals surface area contributed by atoms with Crippen LogP contribution in [0.2, 0.25) is 0 Å². The molecule has 0 amide bonds. The van der Waals surface area contributed by atoms with Gasteiger partial charge in [-0.15, -0.1) is 13.2 Å². The van der Waals surface area contributed by atoms with Gasteiger partial charge in [0.25, 0.3) is 11.7 Å². The smallest absolute Gasteiger partial charge is 0.269 e. The van der Waals surface area contributed by atoms with Crippen molar-refractivity contribution in [3.05, 3.63) is 13.3 Å². The van der Waals surface area contributed by atoms with E-state index in [4.69, 9.17) is 0 Å². The van der Waals surface area contributed by atoms with Crippen LogP contribution in [0.25, 0.3) is 0 Å². The summed E-state index contributed by atoms with van der Waals surface area (Å²) in [7, 11) is 0. The van der Waals surface area contributed by atoms with Crippen LogP contribution in [0.5, 0.6) is 0 Å². The second-order valence-corrected chi connectivity index (χ2v) is 4.38. The van der Waals surface area contributed by atoms with Crippen molar-refractivity contribution in [3.63, 3.8) is 0 Å². The molecule has 1 saturated carbocycles. The second-order valence-electron chi connectivity index (χ2n) is 4.38. The van der Waals surface area contributed by atoms with Crippen LogP contribution >= 0.6 is 0 Å². The SMILES string of the molecule is [CH2]CC1C[CH]C(F)(OC(F)(F)F)C1(F)OC(F)(F)C(F)(F)F. The molecule has 1 fully saturated rings. The molecule has 130 valence electrons. The molecule has 1 aliphatic carbocycles. The van der Waals surface area contributed by atoms with Crippen molar-refractivity contribution in [2.24, 2.45) is 5.92 Å². The highest BCUT2D eigenvalue weighted by atomic mass is 19.4. The van der Waals surface area contributed by atoms with Gasteiger partial charge >= 0.3 is 18.6 Å². The highest BCUT2D eigenvalue weighted by molar-refractivity contribution is 5.11. The third kappa shape index (κ3) is 3.42. The van der Waals surface area contributed by atoms with E-state index in [1.807, 2.05) is 0 Å². The summed E-state index contributed by atoms with van der Waals surface area (Å²) in [5.41, 5.74) is 0. The Morgan fingerprint density at radius 2 is 1.50 bits per heavy atom. The van der Waals surface area contributed by atoms with Gasteiger partial charge < -0.3 is 0 Å². The maximum atomic E-state index is 14.3. The van der Waals surface area contributed by atoms with Gasteiger partial charge in [-0.05, 0) is 12.8 Å². The molecule has 12 heteroatoms. The number of halogens is 10. The molecule has 1 rings (SSSR count).